The van der Waals surface area contributed by atoms with E-state index in [0.717, 1.165) is 0 Å². The minimum atomic E-state index is -0.913. The van der Waals surface area contributed by atoms with Gasteiger partial charge < -0.3 is 21.5 Å². The Morgan fingerprint density at radius 3 is 2.53 bits per heavy atom. The third kappa shape index (κ3) is 5.87. The summed E-state index contributed by atoms with van der Waals surface area (Å²) in [5.41, 5.74) is 2.24. The van der Waals surface area contributed by atoms with E-state index in [1.807, 2.05) is 0 Å². The second-order valence-electron chi connectivity index (χ2n) is 3.18. The quantitative estimate of drug-likeness (QED) is 0.122. The highest BCUT2D eigenvalue weighted by Crippen LogP contribution is 2.13. The van der Waals surface area contributed by atoms with Crippen LogP contribution in [0.5, 0.6) is 0 Å². The minimum Gasteiger partial charge on any atom is -0.481 e. The maximum absolute atomic E-state index is 10.8. The van der Waals surface area contributed by atoms with Crippen molar-refractivity contribution in [3.05, 3.63) is 0 Å². The van der Waals surface area contributed by atoms with Crippen LogP contribution in [-0.4, -0.2) is 28.6 Å². The van der Waals surface area contributed by atoms with E-state index in [1.54, 1.807) is 0 Å². The number of nitrogens with one attached hydrogen (secondary N) is 1. The first-order valence-electron chi connectivity index (χ1n) is 4.72. The number of hydrogen-bond donors (Lipinski definition) is 5. The molecule has 0 heterocycles. The first-order valence-corrected chi connectivity index (χ1v) is 4.72. The number of hydrogen-bond acceptors (Lipinski definition) is 5. The van der Waals surface area contributed by atoms with Crippen LogP contribution >= 0.6 is 0 Å². The van der Waals surface area contributed by atoms with E-state index in [-0.39, 0.29) is 18.9 Å². The fourth-order valence-electron chi connectivity index (χ4n) is 1.20. The highest BCUT2D eigenvalue weighted by molar-refractivity contribution is 5.85. The van der Waals surface area contributed by atoms with Crippen molar-refractivity contribution < 1.29 is 15.0 Å². The van der Waals surface area contributed by atoms with Crippen LogP contribution in [-0.2, 0) is 4.79 Å². The average Bonchev–Trinajstić information content (AvgIpc) is 2.23. The van der Waals surface area contributed by atoms with Crippen molar-refractivity contribution in [3.63, 3.8) is 0 Å². The lowest BCUT2D eigenvalue weighted by Gasteiger charge is -2.12. The first kappa shape index (κ1) is 13.7. The molecule has 0 saturated heterocycles. The summed E-state index contributed by atoms with van der Waals surface area (Å²) in [5, 5.41) is 20.8. The molecule has 0 aliphatic heterocycles. The lowest BCUT2D eigenvalue weighted by Crippen LogP contribution is -2.34. The Morgan fingerprint density at radius 1 is 1.47 bits per heavy atom. The van der Waals surface area contributed by atoms with Crippen molar-refractivity contribution in [2.24, 2.45) is 22.7 Å². The van der Waals surface area contributed by atoms with Gasteiger partial charge in [-0.2, -0.15) is 5.10 Å². The van der Waals surface area contributed by atoms with Crippen LogP contribution < -0.4 is 17.1 Å². The molecule has 0 spiro atoms. The fourth-order valence-corrected chi connectivity index (χ4v) is 1.20. The number of hydrazone groups is 1. The largest absolute Gasteiger partial charge is 0.481 e. The van der Waals surface area contributed by atoms with E-state index in [4.69, 9.17) is 21.9 Å². The van der Waals surface area contributed by atoms with Crippen LogP contribution in [0.25, 0.3) is 0 Å². The average molecular weight is 218 g/mol. The van der Waals surface area contributed by atoms with Gasteiger partial charge in [-0.1, -0.05) is 6.42 Å². The Hall–Kier alpha value is -1.34. The molecule has 15 heavy (non-hydrogen) atoms. The number of carboxylic acids is 1. The molecule has 0 aliphatic carbocycles. The molecule has 1 atom stereocenters. The topological polar surface area (TPSA) is 134 Å². The van der Waals surface area contributed by atoms with Crippen LogP contribution in [0.3, 0.4) is 0 Å². The number of carbonyl (C=O) groups is 1. The van der Waals surface area contributed by atoms with Gasteiger partial charge in [0.05, 0.1) is 5.92 Å². The number of nitrogens with two attached hydrogens (primary N) is 2. The molecule has 88 valence electrons. The lowest BCUT2D eigenvalue weighted by molar-refractivity contribution is -0.141. The lowest BCUT2D eigenvalue weighted by atomic mass is 9.98. The summed E-state index contributed by atoms with van der Waals surface area (Å²) in [6.07, 6.45) is 1.88. The molecule has 0 amide bonds. The summed E-state index contributed by atoms with van der Waals surface area (Å²) < 4.78 is 0. The standard InChI is InChI=1S/C8H18N4O3/c9-11-7(12-10)5-6(8(14)15)3-1-2-4-13/h6,13H,1-5,9-10H2,(H,11,12)(H,14,15). The third-order valence-electron chi connectivity index (χ3n) is 2.07. The molecule has 7 N–H and O–H groups in total. The number of aliphatic carboxylic acids is 1. The number of amidine groups is 1. The molecular formula is C8H18N4O3. The van der Waals surface area contributed by atoms with Crippen molar-refractivity contribution >= 4 is 11.8 Å². The van der Waals surface area contributed by atoms with Crippen molar-refractivity contribution in [2.45, 2.75) is 25.7 Å². The number of rotatable bonds is 7. The van der Waals surface area contributed by atoms with Crippen LogP contribution in [0.2, 0.25) is 0 Å². The summed E-state index contributed by atoms with van der Waals surface area (Å²) in [7, 11) is 0. The zero-order valence-corrected chi connectivity index (χ0v) is 8.52. The van der Waals surface area contributed by atoms with Gasteiger partial charge >= 0.3 is 5.97 Å². The van der Waals surface area contributed by atoms with E-state index in [2.05, 4.69) is 10.5 Å². The predicted octanol–water partition coefficient (Wildman–Crippen LogP) is -1.02. The van der Waals surface area contributed by atoms with Gasteiger partial charge in [0.25, 0.3) is 0 Å². The molecule has 0 fully saturated rings. The second kappa shape index (κ2) is 8.01. The van der Waals surface area contributed by atoms with Gasteiger partial charge in [0.1, 0.15) is 5.84 Å². The van der Waals surface area contributed by atoms with Crippen LogP contribution in [0.1, 0.15) is 25.7 Å². The van der Waals surface area contributed by atoms with E-state index in [9.17, 15) is 4.79 Å². The van der Waals surface area contributed by atoms with Crippen molar-refractivity contribution in [3.8, 4) is 0 Å². The summed E-state index contributed by atoms with van der Waals surface area (Å²) in [6, 6.07) is 0. The monoisotopic (exact) mass is 218 g/mol. The first-order chi connectivity index (χ1) is 7.15. The van der Waals surface area contributed by atoms with E-state index >= 15 is 0 Å². The van der Waals surface area contributed by atoms with Crippen LogP contribution in [0.4, 0.5) is 0 Å². The molecular weight excluding hydrogens is 200 g/mol. The summed E-state index contributed by atoms with van der Waals surface area (Å²) >= 11 is 0. The number of carboxylic acid groups (broad SMARTS) is 1. The minimum absolute atomic E-state index is 0.0688. The van der Waals surface area contributed by atoms with Crippen LogP contribution in [0.15, 0.2) is 5.10 Å². The second-order valence-corrected chi connectivity index (χ2v) is 3.18. The van der Waals surface area contributed by atoms with E-state index in [1.165, 1.54) is 0 Å². The third-order valence-corrected chi connectivity index (χ3v) is 2.07. The van der Waals surface area contributed by atoms with Gasteiger partial charge in [-0.25, -0.2) is 5.84 Å². The Kier molecular flexibility index (Phi) is 7.29. The highest BCUT2D eigenvalue weighted by Gasteiger charge is 2.19. The van der Waals surface area contributed by atoms with E-state index < -0.39 is 11.9 Å². The van der Waals surface area contributed by atoms with Crippen molar-refractivity contribution in [1.82, 2.24) is 5.43 Å². The van der Waals surface area contributed by atoms with Gasteiger partial charge in [-0.05, 0) is 12.8 Å². The van der Waals surface area contributed by atoms with Crippen molar-refractivity contribution in [2.75, 3.05) is 6.61 Å². The molecule has 1 unspecified atom stereocenters. The molecule has 0 aromatic carbocycles. The fraction of sp³-hybridized carbons (Fsp3) is 0.750. The number of aliphatic hydroxyl groups excluding tert-OH is 1. The van der Waals surface area contributed by atoms with Gasteiger partial charge in [-0.15, -0.1) is 0 Å². The van der Waals surface area contributed by atoms with Crippen molar-refractivity contribution in [1.29, 1.82) is 0 Å². The number of unbranched alkanes of at least 4 members (excludes halogenated alkanes) is 1. The summed E-state index contributed by atoms with van der Waals surface area (Å²) in [5.74, 6) is 8.86. The summed E-state index contributed by atoms with van der Waals surface area (Å²) in [4.78, 5) is 10.8. The SMILES string of the molecule is N/N=C(/CC(CCCCO)C(=O)O)NN. The zero-order chi connectivity index (χ0) is 11.7. The Balaban J connectivity index is 4.09. The molecule has 0 aliphatic rings. The Morgan fingerprint density at radius 2 is 2.13 bits per heavy atom. The molecule has 7 nitrogen and oxygen atoms in total. The summed E-state index contributed by atoms with van der Waals surface area (Å²) in [6.45, 7) is 0.0688. The maximum atomic E-state index is 10.8. The van der Waals surface area contributed by atoms with Gasteiger partial charge in [0.15, 0.2) is 0 Å². The van der Waals surface area contributed by atoms with Gasteiger partial charge in [-0.3, -0.25) is 4.79 Å². The van der Waals surface area contributed by atoms with Crippen LogP contribution in [0, 0.1) is 5.92 Å². The molecule has 0 saturated carbocycles. The number of aliphatic hydroxyl groups is 1. The molecule has 0 aromatic heterocycles. The molecule has 0 radical (unpaired) electrons. The van der Waals surface area contributed by atoms with E-state index in [0.29, 0.717) is 19.3 Å². The molecule has 0 aromatic rings. The van der Waals surface area contributed by atoms with Gasteiger partial charge in [0, 0.05) is 13.0 Å². The highest BCUT2D eigenvalue weighted by atomic mass is 16.4. The Bertz CT molecular complexity index is 220. The predicted molar refractivity (Wildman–Crippen MR) is 55.6 cm³/mol. The molecule has 0 rings (SSSR count). The normalized spacial score (nSPS) is 13.6. The smallest absolute Gasteiger partial charge is 0.306 e. The molecule has 7 heteroatoms. The maximum Gasteiger partial charge on any atom is 0.306 e. The Labute approximate surface area is 88.1 Å². The molecule has 0 bridgehead atoms. The number of nitrogens with zero attached hydrogens (tertiary/aromatic N) is 1. The zero-order valence-electron chi connectivity index (χ0n) is 8.52. The number of hydrazine groups is 1. The van der Waals surface area contributed by atoms with Gasteiger partial charge in [0.2, 0.25) is 0 Å².